The van der Waals surface area contributed by atoms with Gasteiger partial charge in [-0.1, -0.05) is 23.2 Å². The number of amides is 1. The Labute approximate surface area is 171 Å². The Morgan fingerprint density at radius 1 is 0.857 bits per heavy atom. The third-order valence-electron chi connectivity index (χ3n) is 4.01. The second-order valence-corrected chi connectivity index (χ2v) is 8.52. The van der Waals surface area contributed by atoms with Crippen LogP contribution in [0.25, 0.3) is 0 Å². The summed E-state index contributed by atoms with van der Waals surface area (Å²) in [7, 11) is -3.84. The van der Waals surface area contributed by atoms with E-state index in [4.69, 9.17) is 27.9 Å². The van der Waals surface area contributed by atoms with Gasteiger partial charge in [-0.25, -0.2) is 8.42 Å². The number of rotatable bonds is 3. The molecule has 3 aromatic rings. The molecule has 0 radical (unpaired) electrons. The highest BCUT2D eigenvalue weighted by Crippen LogP contribution is 2.38. The lowest BCUT2D eigenvalue weighted by Gasteiger charge is -2.11. The van der Waals surface area contributed by atoms with E-state index >= 15 is 0 Å². The van der Waals surface area contributed by atoms with E-state index in [1.54, 1.807) is 18.2 Å². The van der Waals surface area contributed by atoms with Crippen molar-refractivity contribution in [2.75, 3.05) is 10.0 Å². The molecule has 0 atom stereocenters. The van der Waals surface area contributed by atoms with Crippen molar-refractivity contribution in [2.45, 2.75) is 4.90 Å². The fourth-order valence-electron chi connectivity index (χ4n) is 2.68. The lowest BCUT2D eigenvalue weighted by Crippen LogP contribution is -2.14. The van der Waals surface area contributed by atoms with Crippen molar-refractivity contribution in [2.24, 2.45) is 0 Å². The Kier molecular flexibility index (Phi) is 4.66. The first-order valence-corrected chi connectivity index (χ1v) is 10.3. The molecule has 4 rings (SSSR count). The predicted molar refractivity (Wildman–Crippen MR) is 108 cm³/mol. The van der Waals surface area contributed by atoms with Crippen LogP contribution in [0.2, 0.25) is 10.0 Å². The smallest absolute Gasteiger partial charge is 0.261 e. The minimum Gasteiger partial charge on any atom is -0.454 e. The number of hydrogen-bond acceptors (Lipinski definition) is 4. The second-order valence-electron chi connectivity index (χ2n) is 5.97. The zero-order valence-corrected chi connectivity index (χ0v) is 16.4. The quantitative estimate of drug-likeness (QED) is 0.596. The van der Waals surface area contributed by atoms with Crippen LogP contribution in [0, 0.1) is 0 Å². The van der Waals surface area contributed by atoms with Gasteiger partial charge in [-0.3, -0.25) is 9.52 Å². The van der Waals surface area contributed by atoms with Crippen molar-refractivity contribution in [3.05, 3.63) is 76.3 Å². The number of benzene rings is 3. The van der Waals surface area contributed by atoms with E-state index in [2.05, 4.69) is 10.0 Å². The van der Waals surface area contributed by atoms with Gasteiger partial charge in [0, 0.05) is 15.7 Å². The number of carbonyl (C=O) groups is 1. The molecule has 6 nitrogen and oxygen atoms in total. The summed E-state index contributed by atoms with van der Waals surface area (Å²) in [4.78, 5) is 12.6. The van der Waals surface area contributed by atoms with E-state index in [1.807, 2.05) is 0 Å². The fourth-order valence-corrected chi connectivity index (χ4v) is 4.03. The van der Waals surface area contributed by atoms with Crippen LogP contribution >= 0.6 is 23.2 Å². The fraction of sp³-hybridized carbons (Fsp3) is 0. The van der Waals surface area contributed by atoms with Crippen molar-refractivity contribution in [3.63, 3.8) is 0 Å². The summed E-state index contributed by atoms with van der Waals surface area (Å²) in [6, 6.07) is 15.1. The first-order valence-electron chi connectivity index (χ1n) is 8.03. The zero-order chi connectivity index (χ0) is 19.9. The molecule has 1 amide bonds. The standard InChI is InChI=1S/C19H12Cl2N2O4S/c20-11-1-5-14(6-2-11)28(25,26)23-13-4-8-17-15(10-13)19(24)22-16-9-12(21)3-7-18(16)27-17/h1-10,23H,(H,22,24). The van der Waals surface area contributed by atoms with Gasteiger partial charge in [0.2, 0.25) is 0 Å². The Balaban J connectivity index is 1.66. The first kappa shape index (κ1) is 18.6. The van der Waals surface area contributed by atoms with E-state index < -0.39 is 15.9 Å². The maximum absolute atomic E-state index is 12.6. The Morgan fingerprint density at radius 2 is 1.54 bits per heavy atom. The molecule has 0 bridgehead atoms. The number of nitrogens with one attached hydrogen (secondary N) is 2. The summed E-state index contributed by atoms with van der Waals surface area (Å²) in [5.74, 6) is 0.294. The van der Waals surface area contributed by atoms with Crippen molar-refractivity contribution in [1.82, 2.24) is 0 Å². The van der Waals surface area contributed by atoms with E-state index in [0.717, 1.165) is 0 Å². The van der Waals surface area contributed by atoms with Crippen LogP contribution in [0.15, 0.2) is 65.6 Å². The molecule has 1 aliphatic heterocycles. The van der Waals surface area contributed by atoms with Gasteiger partial charge in [-0.15, -0.1) is 0 Å². The number of halogens is 2. The molecule has 142 valence electrons. The number of carbonyl (C=O) groups excluding carboxylic acids is 1. The Morgan fingerprint density at radius 3 is 2.29 bits per heavy atom. The first-order chi connectivity index (χ1) is 13.3. The van der Waals surface area contributed by atoms with Gasteiger partial charge in [0.05, 0.1) is 16.1 Å². The molecule has 1 heterocycles. The third-order valence-corrected chi connectivity index (χ3v) is 5.89. The van der Waals surface area contributed by atoms with Crippen LogP contribution in [0.5, 0.6) is 11.5 Å². The molecule has 1 aliphatic rings. The minimum atomic E-state index is -3.84. The normalized spacial score (nSPS) is 12.9. The average Bonchev–Trinajstić information content (AvgIpc) is 2.77. The number of fused-ring (bicyclic) bond motifs is 2. The predicted octanol–water partition coefficient (Wildman–Crippen LogP) is 5.15. The van der Waals surface area contributed by atoms with Gasteiger partial charge in [0.15, 0.2) is 5.75 Å². The molecular formula is C19H12Cl2N2O4S. The van der Waals surface area contributed by atoms with E-state index in [9.17, 15) is 13.2 Å². The van der Waals surface area contributed by atoms with E-state index in [-0.39, 0.29) is 16.1 Å². The summed E-state index contributed by atoms with van der Waals surface area (Å²) in [5.41, 5.74) is 0.831. The Hall–Kier alpha value is -2.74. The summed E-state index contributed by atoms with van der Waals surface area (Å²) in [6.45, 7) is 0. The molecule has 0 saturated carbocycles. The molecule has 0 aliphatic carbocycles. The molecule has 3 aromatic carbocycles. The SMILES string of the molecule is O=C1Nc2cc(Cl)ccc2Oc2ccc(NS(=O)(=O)c3ccc(Cl)cc3)cc21. The summed E-state index contributed by atoms with van der Waals surface area (Å²) >= 11 is 11.8. The minimum absolute atomic E-state index is 0.0505. The topological polar surface area (TPSA) is 84.5 Å². The molecule has 0 aromatic heterocycles. The number of hydrogen-bond donors (Lipinski definition) is 2. The van der Waals surface area contributed by atoms with E-state index in [0.29, 0.717) is 27.2 Å². The summed E-state index contributed by atoms with van der Waals surface area (Å²) in [6.07, 6.45) is 0. The molecule has 28 heavy (non-hydrogen) atoms. The molecule has 0 unspecified atom stereocenters. The highest BCUT2D eigenvalue weighted by molar-refractivity contribution is 7.92. The number of ether oxygens (including phenoxy) is 1. The van der Waals surface area contributed by atoms with Crippen LogP contribution in [-0.4, -0.2) is 14.3 Å². The van der Waals surface area contributed by atoms with Gasteiger partial charge < -0.3 is 10.1 Å². The summed E-state index contributed by atoms with van der Waals surface area (Å²) < 4.78 is 33.3. The highest BCUT2D eigenvalue weighted by atomic mass is 35.5. The molecule has 9 heteroatoms. The van der Waals surface area contributed by atoms with Gasteiger partial charge >= 0.3 is 0 Å². The lowest BCUT2D eigenvalue weighted by molar-refractivity contribution is 0.102. The average molecular weight is 435 g/mol. The number of anilines is 2. The van der Waals surface area contributed by atoms with Gasteiger partial charge in [0.25, 0.3) is 15.9 Å². The van der Waals surface area contributed by atoms with Gasteiger partial charge in [0.1, 0.15) is 5.75 Å². The second kappa shape index (κ2) is 7.01. The maximum Gasteiger partial charge on any atom is 0.261 e. The largest absolute Gasteiger partial charge is 0.454 e. The number of sulfonamides is 1. The Bertz CT molecular complexity index is 1200. The highest BCUT2D eigenvalue weighted by Gasteiger charge is 2.23. The monoisotopic (exact) mass is 434 g/mol. The lowest BCUT2D eigenvalue weighted by atomic mass is 10.1. The van der Waals surface area contributed by atoms with Gasteiger partial charge in [-0.05, 0) is 60.7 Å². The van der Waals surface area contributed by atoms with Crippen molar-refractivity contribution < 1.29 is 17.9 Å². The molecule has 0 fully saturated rings. The maximum atomic E-state index is 12.6. The molecule has 0 spiro atoms. The zero-order valence-electron chi connectivity index (χ0n) is 14.1. The van der Waals surface area contributed by atoms with E-state index in [1.165, 1.54) is 42.5 Å². The van der Waals surface area contributed by atoms with Crippen LogP contribution in [0.4, 0.5) is 11.4 Å². The van der Waals surface area contributed by atoms with Crippen LogP contribution in [0.3, 0.4) is 0 Å². The van der Waals surface area contributed by atoms with Crippen molar-refractivity contribution in [3.8, 4) is 11.5 Å². The third kappa shape index (κ3) is 3.64. The van der Waals surface area contributed by atoms with Crippen molar-refractivity contribution in [1.29, 1.82) is 0 Å². The molecule has 0 saturated heterocycles. The molecular weight excluding hydrogens is 423 g/mol. The van der Waals surface area contributed by atoms with Crippen LogP contribution in [0.1, 0.15) is 10.4 Å². The molecule has 2 N–H and O–H groups in total. The van der Waals surface area contributed by atoms with Gasteiger partial charge in [-0.2, -0.15) is 0 Å². The van der Waals surface area contributed by atoms with Crippen LogP contribution in [-0.2, 0) is 10.0 Å². The summed E-state index contributed by atoms with van der Waals surface area (Å²) in [5, 5.41) is 3.58. The van der Waals surface area contributed by atoms with Crippen LogP contribution < -0.4 is 14.8 Å². The van der Waals surface area contributed by atoms with Crippen molar-refractivity contribution >= 4 is 50.5 Å².